The van der Waals surface area contributed by atoms with Crippen LogP contribution in [0.1, 0.15) is 28.9 Å². The highest BCUT2D eigenvalue weighted by Crippen LogP contribution is 2.37. The quantitative estimate of drug-likeness (QED) is 0.429. The van der Waals surface area contributed by atoms with Crippen molar-refractivity contribution in [2.45, 2.75) is 19.1 Å². The van der Waals surface area contributed by atoms with Gasteiger partial charge in [-0.1, -0.05) is 23.7 Å². The van der Waals surface area contributed by atoms with Gasteiger partial charge in [-0.15, -0.1) is 0 Å². The highest BCUT2D eigenvalue weighted by Gasteiger charge is 2.32. The Labute approximate surface area is 165 Å². The lowest BCUT2D eigenvalue weighted by Gasteiger charge is -2.38. The van der Waals surface area contributed by atoms with E-state index in [9.17, 15) is 19.3 Å². The number of esters is 1. The van der Waals surface area contributed by atoms with E-state index in [-0.39, 0.29) is 33.9 Å². The van der Waals surface area contributed by atoms with Crippen molar-refractivity contribution in [2.24, 2.45) is 0 Å². The van der Waals surface area contributed by atoms with Gasteiger partial charge in [-0.25, -0.2) is 9.18 Å². The summed E-state index contributed by atoms with van der Waals surface area (Å²) in [5.74, 6) is -1.11. The maximum atomic E-state index is 13.2. The van der Waals surface area contributed by atoms with Crippen LogP contribution in [-0.4, -0.2) is 37.2 Å². The third kappa shape index (κ3) is 4.07. The summed E-state index contributed by atoms with van der Waals surface area (Å²) in [5.41, 5.74) is 0.718. The van der Waals surface area contributed by atoms with Gasteiger partial charge >= 0.3 is 5.97 Å². The summed E-state index contributed by atoms with van der Waals surface area (Å²) in [6, 6.07) is 8.44. The van der Waals surface area contributed by atoms with Crippen LogP contribution < -0.4 is 4.90 Å². The molecule has 0 radical (unpaired) electrons. The van der Waals surface area contributed by atoms with E-state index in [1.807, 2.05) is 6.92 Å². The van der Waals surface area contributed by atoms with E-state index < -0.39 is 17.0 Å². The normalized spacial score (nSPS) is 19.4. The number of ether oxygens (including phenoxy) is 2. The van der Waals surface area contributed by atoms with Crippen LogP contribution in [0.15, 0.2) is 36.4 Å². The zero-order valence-corrected chi connectivity index (χ0v) is 16.0. The molecule has 28 heavy (non-hydrogen) atoms. The lowest BCUT2D eigenvalue weighted by molar-refractivity contribution is -0.384. The van der Waals surface area contributed by atoms with Gasteiger partial charge in [0.25, 0.3) is 5.69 Å². The Bertz CT molecular complexity index is 906. The van der Waals surface area contributed by atoms with Crippen molar-refractivity contribution in [3.8, 4) is 0 Å². The molecule has 0 spiro atoms. The van der Waals surface area contributed by atoms with Crippen molar-refractivity contribution in [2.75, 3.05) is 25.1 Å². The number of carbonyl (C=O) groups is 1. The first-order valence-corrected chi connectivity index (χ1v) is 8.90. The van der Waals surface area contributed by atoms with Crippen LogP contribution in [0.2, 0.25) is 5.02 Å². The Morgan fingerprint density at radius 3 is 2.61 bits per heavy atom. The van der Waals surface area contributed by atoms with Crippen molar-refractivity contribution in [3.63, 3.8) is 0 Å². The molecule has 1 aliphatic heterocycles. The van der Waals surface area contributed by atoms with E-state index in [1.165, 1.54) is 25.3 Å². The molecule has 3 rings (SSSR count). The van der Waals surface area contributed by atoms with Gasteiger partial charge in [0, 0.05) is 19.2 Å². The lowest BCUT2D eigenvalue weighted by Crippen LogP contribution is -2.43. The lowest BCUT2D eigenvalue weighted by atomic mass is 10.0. The molecule has 1 heterocycles. The number of benzene rings is 2. The number of nitro benzene ring substituents is 1. The van der Waals surface area contributed by atoms with Crippen LogP contribution in [-0.2, 0) is 9.47 Å². The van der Waals surface area contributed by atoms with E-state index in [1.54, 1.807) is 17.0 Å². The van der Waals surface area contributed by atoms with Crippen molar-refractivity contribution in [1.82, 2.24) is 0 Å². The molecule has 2 aromatic carbocycles. The van der Waals surface area contributed by atoms with Crippen LogP contribution in [0.25, 0.3) is 0 Å². The Morgan fingerprint density at radius 2 is 2.00 bits per heavy atom. The molecule has 0 bridgehead atoms. The molecule has 0 aliphatic carbocycles. The molecule has 2 aromatic rings. The SMILES string of the molecule is COC(=O)c1cc([N+](=O)[O-])c(N2CC(C)OC(c3ccc(F)cc3)C2)cc1Cl. The maximum absolute atomic E-state index is 13.2. The minimum atomic E-state index is -0.751. The fraction of sp³-hybridized carbons (Fsp3) is 0.316. The number of rotatable bonds is 4. The number of hydrogen-bond donors (Lipinski definition) is 0. The third-order valence-electron chi connectivity index (χ3n) is 4.51. The van der Waals surface area contributed by atoms with Crippen LogP contribution in [0.5, 0.6) is 0 Å². The summed E-state index contributed by atoms with van der Waals surface area (Å²) in [6.45, 7) is 2.55. The van der Waals surface area contributed by atoms with Crippen molar-refractivity contribution in [1.29, 1.82) is 0 Å². The fourth-order valence-electron chi connectivity index (χ4n) is 3.23. The number of hydrogen-bond acceptors (Lipinski definition) is 6. The van der Waals surface area contributed by atoms with E-state index in [2.05, 4.69) is 4.74 Å². The van der Waals surface area contributed by atoms with Crippen molar-refractivity contribution in [3.05, 3.63) is 68.5 Å². The molecule has 148 valence electrons. The number of methoxy groups -OCH3 is 1. The first-order chi connectivity index (χ1) is 13.3. The molecule has 1 saturated heterocycles. The summed E-state index contributed by atoms with van der Waals surface area (Å²) < 4.78 is 23.8. The van der Waals surface area contributed by atoms with E-state index in [0.717, 1.165) is 11.6 Å². The third-order valence-corrected chi connectivity index (χ3v) is 4.82. The number of anilines is 1. The van der Waals surface area contributed by atoms with Gasteiger partial charge in [0.2, 0.25) is 0 Å². The molecular formula is C19H18ClFN2O5. The monoisotopic (exact) mass is 408 g/mol. The molecule has 0 saturated carbocycles. The zero-order chi connectivity index (χ0) is 20.4. The molecule has 2 atom stereocenters. The van der Waals surface area contributed by atoms with Gasteiger partial charge in [0.05, 0.1) is 28.7 Å². The molecule has 1 fully saturated rings. The Balaban J connectivity index is 1.99. The van der Waals surface area contributed by atoms with Crippen molar-refractivity contribution < 1.29 is 23.6 Å². The predicted molar refractivity (Wildman–Crippen MR) is 101 cm³/mol. The summed E-state index contributed by atoms with van der Waals surface area (Å²) >= 11 is 6.18. The molecule has 9 heteroatoms. The van der Waals surface area contributed by atoms with Gasteiger partial charge in [0.1, 0.15) is 17.6 Å². The van der Waals surface area contributed by atoms with Gasteiger partial charge < -0.3 is 14.4 Å². The first kappa shape index (κ1) is 20.0. The minimum Gasteiger partial charge on any atom is -0.465 e. The molecule has 0 amide bonds. The highest BCUT2D eigenvalue weighted by atomic mass is 35.5. The second kappa shape index (κ2) is 8.12. The average Bonchev–Trinajstić information content (AvgIpc) is 2.67. The smallest absolute Gasteiger partial charge is 0.339 e. The summed E-state index contributed by atoms with van der Waals surface area (Å²) in [5, 5.41) is 11.7. The molecule has 0 aromatic heterocycles. The summed E-state index contributed by atoms with van der Waals surface area (Å²) in [7, 11) is 1.18. The second-order valence-electron chi connectivity index (χ2n) is 6.46. The first-order valence-electron chi connectivity index (χ1n) is 8.52. The van der Waals surface area contributed by atoms with E-state index in [4.69, 9.17) is 16.3 Å². The minimum absolute atomic E-state index is 0.0601. The number of nitro groups is 1. The second-order valence-corrected chi connectivity index (χ2v) is 6.87. The van der Waals surface area contributed by atoms with Gasteiger partial charge in [-0.2, -0.15) is 0 Å². The standard InChI is InChI=1S/C19H18ClFN2O5/c1-11-9-22(10-18(28-11)12-3-5-13(21)6-4-12)16-8-15(20)14(19(24)27-2)7-17(16)23(25)26/h3-8,11,18H,9-10H2,1-2H3. The van der Waals surface area contributed by atoms with E-state index >= 15 is 0 Å². The topological polar surface area (TPSA) is 81.9 Å². The van der Waals surface area contributed by atoms with Crippen molar-refractivity contribution >= 4 is 28.9 Å². The Kier molecular flexibility index (Phi) is 5.81. The van der Waals surface area contributed by atoms with Gasteiger partial charge in [-0.3, -0.25) is 10.1 Å². The fourth-order valence-corrected chi connectivity index (χ4v) is 3.46. The van der Waals surface area contributed by atoms with Crippen LogP contribution in [0.4, 0.5) is 15.8 Å². The number of morpholine rings is 1. The number of halogens is 2. The van der Waals surface area contributed by atoms with Gasteiger partial charge in [-0.05, 0) is 30.7 Å². The Hall–Kier alpha value is -2.71. The number of nitrogens with zero attached hydrogens (tertiary/aromatic N) is 2. The molecule has 7 nitrogen and oxygen atoms in total. The molecular weight excluding hydrogens is 391 g/mol. The summed E-state index contributed by atoms with van der Waals surface area (Å²) in [4.78, 5) is 24.7. The predicted octanol–water partition coefficient (Wildman–Crippen LogP) is 4.14. The summed E-state index contributed by atoms with van der Waals surface area (Å²) in [6.07, 6.45) is -0.634. The average molecular weight is 409 g/mol. The zero-order valence-electron chi connectivity index (χ0n) is 15.2. The largest absolute Gasteiger partial charge is 0.465 e. The van der Waals surface area contributed by atoms with Gasteiger partial charge in [0.15, 0.2) is 0 Å². The van der Waals surface area contributed by atoms with Crippen LogP contribution in [0.3, 0.4) is 0 Å². The Morgan fingerprint density at radius 1 is 1.32 bits per heavy atom. The molecule has 0 N–H and O–H groups in total. The highest BCUT2D eigenvalue weighted by molar-refractivity contribution is 6.34. The van der Waals surface area contributed by atoms with Crippen LogP contribution in [0, 0.1) is 15.9 Å². The molecule has 2 unspecified atom stereocenters. The van der Waals surface area contributed by atoms with Crippen LogP contribution >= 0.6 is 11.6 Å². The molecule has 1 aliphatic rings. The number of carbonyl (C=O) groups excluding carboxylic acids is 1. The maximum Gasteiger partial charge on any atom is 0.339 e. The van der Waals surface area contributed by atoms with E-state index in [0.29, 0.717) is 13.1 Å².